The van der Waals surface area contributed by atoms with E-state index in [0.717, 1.165) is 43.1 Å². The molecule has 1 N–H and O–H groups in total. The molecular weight excluding hydrogens is 387 g/mol. The molecule has 1 aromatic rings. The topological polar surface area (TPSA) is 43.4 Å². The fraction of sp³-hybridized carbons (Fsp3) is 0.737. The zero-order valence-corrected chi connectivity index (χ0v) is 18.9. The molecule has 1 unspecified atom stereocenters. The van der Waals surface area contributed by atoms with E-state index in [9.17, 15) is 0 Å². The summed E-state index contributed by atoms with van der Waals surface area (Å²) in [6.07, 6.45) is 6.00. The van der Waals surface area contributed by atoms with Gasteiger partial charge in [0.25, 0.3) is 0 Å². The Kier molecular flexibility index (Phi) is 8.84. The minimum Gasteiger partial charge on any atom is -0.409 e. The number of halogens is 2. The summed E-state index contributed by atoms with van der Waals surface area (Å²) in [6.45, 7) is 10.3. The Morgan fingerprint density at radius 1 is 1.19 bits per heavy atom. The first-order chi connectivity index (χ1) is 12.4. The van der Waals surface area contributed by atoms with E-state index in [0.29, 0.717) is 22.7 Å². The molecule has 1 aliphatic heterocycles. The van der Waals surface area contributed by atoms with Crippen molar-refractivity contribution in [2.45, 2.75) is 77.0 Å². The van der Waals surface area contributed by atoms with Crippen LogP contribution in [0.5, 0.6) is 0 Å². The Morgan fingerprint density at radius 3 is 2.31 bits per heavy atom. The van der Waals surface area contributed by atoms with Gasteiger partial charge in [-0.25, -0.2) is 0 Å². The summed E-state index contributed by atoms with van der Waals surface area (Å²) >= 11 is 12.9. The van der Waals surface area contributed by atoms with Crippen molar-refractivity contribution in [2.24, 2.45) is 0 Å². The normalized spacial score (nSPS) is 21.9. The van der Waals surface area contributed by atoms with Gasteiger partial charge in [-0.3, -0.25) is 4.98 Å². The van der Waals surface area contributed by atoms with E-state index in [4.69, 9.17) is 32.4 Å². The predicted molar refractivity (Wildman–Crippen MR) is 112 cm³/mol. The molecule has 4 nitrogen and oxygen atoms in total. The Bertz CT molecular complexity index is 544. The lowest BCUT2D eigenvalue weighted by Gasteiger charge is -2.34. The summed E-state index contributed by atoms with van der Waals surface area (Å²) < 4.78 is 12.7. The van der Waals surface area contributed by atoms with Gasteiger partial charge in [0.05, 0.1) is 28.4 Å². The van der Waals surface area contributed by atoms with E-state index in [2.05, 4.69) is 38.0 Å². The lowest BCUT2D eigenvalue weighted by molar-refractivity contribution is 0.0539. The first kappa shape index (κ1) is 22.1. The summed E-state index contributed by atoms with van der Waals surface area (Å²) in [7, 11) is -1.81. The van der Waals surface area contributed by atoms with Crippen LogP contribution < -0.4 is 5.32 Å². The fourth-order valence-electron chi connectivity index (χ4n) is 3.64. The van der Waals surface area contributed by atoms with Crippen LogP contribution in [0.2, 0.25) is 28.2 Å². The number of hydrogen-bond donors (Lipinski definition) is 1. The van der Waals surface area contributed by atoms with Gasteiger partial charge in [0.15, 0.2) is 8.32 Å². The monoisotopic (exact) mass is 418 g/mol. The van der Waals surface area contributed by atoms with Gasteiger partial charge in [-0.15, -0.1) is 0 Å². The molecule has 1 fully saturated rings. The van der Waals surface area contributed by atoms with Gasteiger partial charge >= 0.3 is 0 Å². The molecule has 26 heavy (non-hydrogen) atoms. The molecule has 7 heteroatoms. The van der Waals surface area contributed by atoms with Crippen LogP contribution in [-0.4, -0.2) is 38.6 Å². The Morgan fingerprint density at radius 2 is 1.81 bits per heavy atom. The quantitative estimate of drug-likeness (QED) is 0.501. The lowest BCUT2D eigenvalue weighted by atomic mass is 10.1. The molecule has 0 aromatic carbocycles. The molecular formula is C19H32Cl2N2O2Si. The molecule has 2 heterocycles. The minimum absolute atomic E-state index is 0.164. The number of pyridine rings is 1. The molecule has 0 amide bonds. The van der Waals surface area contributed by atoms with Gasteiger partial charge in [-0.1, -0.05) is 44.0 Å². The van der Waals surface area contributed by atoms with Crippen molar-refractivity contribution < 1.29 is 9.16 Å². The van der Waals surface area contributed by atoms with Crippen molar-refractivity contribution in [2.75, 3.05) is 13.1 Å². The third-order valence-corrected chi connectivity index (χ3v) is 10.8. The Hall–Kier alpha value is -0.173. The van der Waals surface area contributed by atoms with E-state index >= 15 is 0 Å². The van der Waals surface area contributed by atoms with E-state index < -0.39 is 8.32 Å². The third-order valence-electron chi connectivity index (χ3n) is 5.56. The van der Waals surface area contributed by atoms with E-state index in [1.54, 1.807) is 12.4 Å². The molecule has 3 atom stereocenters. The highest BCUT2D eigenvalue weighted by Gasteiger charge is 2.34. The first-order valence-electron chi connectivity index (χ1n) is 9.77. The lowest BCUT2D eigenvalue weighted by Crippen LogP contribution is -2.41. The maximum Gasteiger partial charge on any atom is 0.192 e. The third kappa shape index (κ3) is 5.66. The molecule has 1 aromatic heterocycles. The van der Waals surface area contributed by atoms with Crippen molar-refractivity contribution in [1.82, 2.24) is 10.3 Å². The van der Waals surface area contributed by atoms with Crippen molar-refractivity contribution >= 4 is 31.5 Å². The SMILES string of the molecule is CC[Si](CC)(CC)OC(CNC[C@H]1CC[C@@H](C)O1)c1c(Cl)cncc1Cl. The van der Waals surface area contributed by atoms with Crippen LogP contribution in [0.25, 0.3) is 0 Å². The number of aromatic nitrogens is 1. The van der Waals surface area contributed by atoms with Gasteiger partial charge in [-0.2, -0.15) is 0 Å². The second-order valence-corrected chi connectivity index (χ2v) is 12.7. The van der Waals surface area contributed by atoms with Crippen LogP contribution in [0.3, 0.4) is 0 Å². The van der Waals surface area contributed by atoms with Crippen LogP contribution in [0.15, 0.2) is 12.4 Å². The van der Waals surface area contributed by atoms with Crippen LogP contribution in [0.1, 0.15) is 52.2 Å². The van der Waals surface area contributed by atoms with Crippen molar-refractivity contribution in [3.05, 3.63) is 28.0 Å². The summed E-state index contributed by atoms with van der Waals surface area (Å²) in [6, 6.07) is 3.25. The zero-order valence-electron chi connectivity index (χ0n) is 16.4. The van der Waals surface area contributed by atoms with Crippen molar-refractivity contribution in [3.8, 4) is 0 Å². The fourth-order valence-corrected chi connectivity index (χ4v) is 7.06. The van der Waals surface area contributed by atoms with E-state index in [1.165, 1.54) is 0 Å². The largest absolute Gasteiger partial charge is 0.409 e. The van der Waals surface area contributed by atoms with Crippen molar-refractivity contribution in [1.29, 1.82) is 0 Å². The summed E-state index contributed by atoms with van der Waals surface area (Å²) in [5.41, 5.74) is 0.851. The summed E-state index contributed by atoms with van der Waals surface area (Å²) in [5.74, 6) is 0. The molecule has 0 aliphatic carbocycles. The average Bonchev–Trinajstić information content (AvgIpc) is 3.04. The number of nitrogens with zero attached hydrogens (tertiary/aromatic N) is 1. The maximum atomic E-state index is 6.76. The molecule has 2 rings (SSSR count). The maximum absolute atomic E-state index is 6.76. The smallest absolute Gasteiger partial charge is 0.192 e. The Labute approximate surface area is 169 Å². The highest BCUT2D eigenvalue weighted by Crippen LogP contribution is 2.36. The zero-order chi connectivity index (χ0) is 19.2. The number of nitrogens with one attached hydrogen (secondary N) is 1. The van der Waals surface area contributed by atoms with E-state index in [1.807, 2.05) is 0 Å². The number of rotatable bonds is 10. The van der Waals surface area contributed by atoms with Crippen LogP contribution in [0.4, 0.5) is 0 Å². The van der Waals surface area contributed by atoms with Gasteiger partial charge in [0.2, 0.25) is 0 Å². The summed E-state index contributed by atoms with van der Waals surface area (Å²) in [5, 5.41) is 4.67. The molecule has 0 spiro atoms. The first-order valence-corrected chi connectivity index (χ1v) is 13.1. The standard InChI is InChI=1S/C19H32Cl2N2O2Si/c1-5-26(6-2,7-3)25-18(19-16(20)11-23-12-17(19)21)13-22-10-15-9-8-14(4)24-15/h11-12,14-15,18,22H,5-10,13H2,1-4H3/t14-,15-,18?/m1/s1. The van der Waals surface area contributed by atoms with Crippen LogP contribution in [-0.2, 0) is 9.16 Å². The van der Waals surface area contributed by atoms with Crippen LogP contribution in [0, 0.1) is 0 Å². The van der Waals surface area contributed by atoms with Gasteiger partial charge in [0.1, 0.15) is 0 Å². The average molecular weight is 419 g/mol. The second-order valence-electron chi connectivity index (χ2n) is 7.17. The second kappa shape index (κ2) is 10.4. The minimum atomic E-state index is -1.81. The molecule has 0 saturated carbocycles. The molecule has 1 aliphatic rings. The van der Waals surface area contributed by atoms with Gasteiger partial charge in [-0.05, 0) is 37.9 Å². The van der Waals surface area contributed by atoms with E-state index in [-0.39, 0.29) is 12.2 Å². The highest BCUT2D eigenvalue weighted by molar-refractivity contribution is 6.73. The molecule has 148 valence electrons. The molecule has 0 bridgehead atoms. The van der Waals surface area contributed by atoms with Crippen LogP contribution >= 0.6 is 23.2 Å². The number of hydrogen-bond acceptors (Lipinski definition) is 4. The van der Waals surface area contributed by atoms with Gasteiger partial charge in [0, 0.05) is 31.0 Å². The summed E-state index contributed by atoms with van der Waals surface area (Å²) in [4.78, 5) is 4.09. The van der Waals surface area contributed by atoms with Gasteiger partial charge < -0.3 is 14.5 Å². The highest BCUT2D eigenvalue weighted by atomic mass is 35.5. The number of ether oxygens (including phenoxy) is 1. The predicted octanol–water partition coefficient (Wildman–Crippen LogP) is 5.61. The molecule has 0 radical (unpaired) electrons. The molecule has 1 saturated heterocycles. The van der Waals surface area contributed by atoms with Crippen molar-refractivity contribution in [3.63, 3.8) is 0 Å². The Balaban J connectivity index is 2.13.